The Morgan fingerprint density at radius 3 is 3.22 bits per heavy atom. The van der Waals surface area contributed by atoms with E-state index in [4.69, 9.17) is 0 Å². The summed E-state index contributed by atoms with van der Waals surface area (Å²) in [6, 6.07) is 6.09. The predicted octanol–water partition coefficient (Wildman–Crippen LogP) is 2.03. The molecule has 1 unspecified atom stereocenters. The number of fused-ring (bicyclic) bond motifs is 1. The lowest BCUT2D eigenvalue weighted by Gasteiger charge is -2.21. The number of hydrogen-bond donors (Lipinski definition) is 2. The molecule has 0 saturated heterocycles. The smallest absolute Gasteiger partial charge is 0.251 e. The van der Waals surface area contributed by atoms with Crippen molar-refractivity contribution in [1.82, 2.24) is 10.6 Å². The largest absolute Gasteiger partial charge is 0.349 e. The lowest BCUT2D eigenvalue weighted by atomic mass is 9.95. The molecule has 2 N–H and O–H groups in total. The van der Waals surface area contributed by atoms with Crippen molar-refractivity contribution in [3.05, 3.63) is 47.5 Å². The SMILES string of the molecule is C=CCC(C)NC(=O)c1cccc2c1CCNC2. The van der Waals surface area contributed by atoms with E-state index in [1.165, 1.54) is 11.1 Å². The van der Waals surface area contributed by atoms with Crippen molar-refractivity contribution in [1.29, 1.82) is 0 Å². The maximum atomic E-state index is 12.2. The molecule has 1 aliphatic rings. The topological polar surface area (TPSA) is 41.1 Å². The number of amides is 1. The fourth-order valence-electron chi connectivity index (χ4n) is 2.36. The van der Waals surface area contributed by atoms with E-state index in [9.17, 15) is 4.79 Å². The quantitative estimate of drug-likeness (QED) is 0.796. The predicted molar refractivity (Wildman–Crippen MR) is 73.6 cm³/mol. The number of hydrogen-bond acceptors (Lipinski definition) is 2. The van der Waals surface area contributed by atoms with Crippen molar-refractivity contribution in [2.45, 2.75) is 32.4 Å². The average Bonchev–Trinajstić information content (AvgIpc) is 2.38. The lowest BCUT2D eigenvalue weighted by molar-refractivity contribution is 0.0939. The Bertz CT molecular complexity index is 454. The van der Waals surface area contributed by atoms with Crippen molar-refractivity contribution in [2.24, 2.45) is 0 Å². The molecule has 0 saturated carbocycles. The van der Waals surface area contributed by atoms with Crippen LogP contribution in [0.15, 0.2) is 30.9 Å². The van der Waals surface area contributed by atoms with Crippen molar-refractivity contribution in [3.8, 4) is 0 Å². The van der Waals surface area contributed by atoms with Crippen LogP contribution in [0.4, 0.5) is 0 Å². The standard InChI is InChI=1S/C15H20N2O/c1-3-5-11(2)17-15(18)14-7-4-6-12-10-16-9-8-13(12)14/h3-4,6-7,11,16H,1,5,8-10H2,2H3,(H,17,18). The Morgan fingerprint density at radius 2 is 2.44 bits per heavy atom. The molecule has 0 radical (unpaired) electrons. The first kappa shape index (κ1) is 12.8. The Hall–Kier alpha value is -1.61. The van der Waals surface area contributed by atoms with Gasteiger partial charge in [0.05, 0.1) is 0 Å². The summed E-state index contributed by atoms with van der Waals surface area (Å²) in [5.74, 6) is 0.0306. The molecule has 18 heavy (non-hydrogen) atoms. The summed E-state index contributed by atoms with van der Waals surface area (Å²) in [6.07, 6.45) is 3.55. The molecule has 0 bridgehead atoms. The van der Waals surface area contributed by atoms with Crippen molar-refractivity contribution in [3.63, 3.8) is 0 Å². The first-order valence-electron chi connectivity index (χ1n) is 6.45. The van der Waals surface area contributed by atoms with Crippen molar-refractivity contribution >= 4 is 5.91 Å². The van der Waals surface area contributed by atoms with Crippen molar-refractivity contribution in [2.75, 3.05) is 6.54 Å². The molecule has 2 rings (SSSR count). The van der Waals surface area contributed by atoms with Crippen LogP contribution in [0.2, 0.25) is 0 Å². The normalized spacial score (nSPS) is 15.6. The first-order chi connectivity index (χ1) is 8.72. The fourth-order valence-corrected chi connectivity index (χ4v) is 2.36. The maximum absolute atomic E-state index is 12.2. The first-order valence-corrected chi connectivity index (χ1v) is 6.45. The summed E-state index contributed by atoms with van der Waals surface area (Å²) in [4.78, 5) is 12.2. The maximum Gasteiger partial charge on any atom is 0.251 e. The van der Waals surface area contributed by atoms with Gasteiger partial charge >= 0.3 is 0 Å². The lowest BCUT2D eigenvalue weighted by Crippen LogP contribution is -2.34. The monoisotopic (exact) mass is 244 g/mol. The third-order valence-corrected chi connectivity index (χ3v) is 3.28. The summed E-state index contributed by atoms with van der Waals surface area (Å²) in [5.41, 5.74) is 3.26. The van der Waals surface area contributed by atoms with Gasteiger partial charge in [-0.1, -0.05) is 18.2 Å². The van der Waals surface area contributed by atoms with Gasteiger partial charge in [-0.05, 0) is 43.5 Å². The van der Waals surface area contributed by atoms with Gasteiger partial charge < -0.3 is 10.6 Å². The van der Waals surface area contributed by atoms with E-state index < -0.39 is 0 Å². The zero-order chi connectivity index (χ0) is 13.0. The van der Waals surface area contributed by atoms with E-state index in [2.05, 4.69) is 23.3 Å². The van der Waals surface area contributed by atoms with Crippen LogP contribution in [0, 0.1) is 0 Å². The third-order valence-electron chi connectivity index (χ3n) is 3.28. The highest BCUT2D eigenvalue weighted by Gasteiger charge is 2.17. The Kier molecular flexibility index (Phi) is 4.15. The second kappa shape index (κ2) is 5.83. The Balaban J connectivity index is 2.17. The molecule has 3 nitrogen and oxygen atoms in total. The number of carbonyl (C=O) groups is 1. The van der Waals surface area contributed by atoms with Crippen LogP contribution >= 0.6 is 0 Å². The molecule has 0 aliphatic carbocycles. The zero-order valence-corrected chi connectivity index (χ0v) is 10.8. The molecular formula is C15H20N2O. The number of rotatable bonds is 4. The van der Waals surface area contributed by atoms with E-state index in [0.29, 0.717) is 0 Å². The summed E-state index contributed by atoms with van der Waals surface area (Å²) < 4.78 is 0. The van der Waals surface area contributed by atoms with E-state index in [1.54, 1.807) is 0 Å². The summed E-state index contributed by atoms with van der Waals surface area (Å²) in [5, 5.41) is 6.34. The molecule has 1 aliphatic heterocycles. The van der Waals surface area contributed by atoms with Crippen molar-refractivity contribution < 1.29 is 4.79 Å². The minimum absolute atomic E-state index is 0.0306. The van der Waals surface area contributed by atoms with Gasteiger partial charge in [-0.3, -0.25) is 4.79 Å². The minimum Gasteiger partial charge on any atom is -0.349 e. The van der Waals surface area contributed by atoms with Gasteiger partial charge in [0.25, 0.3) is 5.91 Å². The van der Waals surface area contributed by atoms with Crippen LogP contribution < -0.4 is 10.6 Å². The zero-order valence-electron chi connectivity index (χ0n) is 10.8. The number of carbonyl (C=O) groups excluding carboxylic acids is 1. The van der Waals surface area contributed by atoms with Gasteiger partial charge in [-0.25, -0.2) is 0 Å². The van der Waals surface area contributed by atoms with Crippen LogP contribution in [-0.2, 0) is 13.0 Å². The Labute approximate surface area is 108 Å². The number of nitrogens with one attached hydrogen (secondary N) is 2. The van der Waals surface area contributed by atoms with Crippen LogP contribution in [0.25, 0.3) is 0 Å². The van der Waals surface area contributed by atoms with Gasteiger partial charge in [-0.15, -0.1) is 6.58 Å². The number of benzene rings is 1. The molecule has 1 amide bonds. The molecule has 0 fully saturated rings. The fraction of sp³-hybridized carbons (Fsp3) is 0.400. The third kappa shape index (κ3) is 2.79. The molecule has 0 spiro atoms. The van der Waals surface area contributed by atoms with Gasteiger partial charge in [0.1, 0.15) is 0 Å². The molecule has 3 heteroatoms. The molecule has 1 heterocycles. The molecular weight excluding hydrogens is 224 g/mol. The Morgan fingerprint density at radius 1 is 1.61 bits per heavy atom. The second-order valence-corrected chi connectivity index (χ2v) is 4.77. The van der Waals surface area contributed by atoms with Gasteiger partial charge in [0.15, 0.2) is 0 Å². The minimum atomic E-state index is 0.0306. The average molecular weight is 244 g/mol. The molecule has 0 aromatic heterocycles. The van der Waals surface area contributed by atoms with E-state index in [0.717, 1.165) is 31.5 Å². The van der Waals surface area contributed by atoms with Crippen LogP contribution in [0.5, 0.6) is 0 Å². The van der Waals surface area contributed by atoms with Crippen LogP contribution in [0.1, 0.15) is 34.8 Å². The van der Waals surface area contributed by atoms with Gasteiger partial charge in [-0.2, -0.15) is 0 Å². The van der Waals surface area contributed by atoms with Crippen LogP contribution in [-0.4, -0.2) is 18.5 Å². The molecule has 1 aromatic rings. The molecule has 1 atom stereocenters. The highest BCUT2D eigenvalue weighted by molar-refractivity contribution is 5.96. The summed E-state index contributed by atoms with van der Waals surface area (Å²) in [7, 11) is 0. The van der Waals surface area contributed by atoms with Gasteiger partial charge in [0, 0.05) is 18.2 Å². The van der Waals surface area contributed by atoms with Crippen LogP contribution in [0.3, 0.4) is 0 Å². The highest BCUT2D eigenvalue weighted by atomic mass is 16.1. The molecule has 96 valence electrons. The van der Waals surface area contributed by atoms with E-state index in [-0.39, 0.29) is 11.9 Å². The molecule has 1 aromatic carbocycles. The second-order valence-electron chi connectivity index (χ2n) is 4.77. The summed E-state index contributed by atoms with van der Waals surface area (Å²) >= 11 is 0. The van der Waals surface area contributed by atoms with E-state index >= 15 is 0 Å². The van der Waals surface area contributed by atoms with Gasteiger partial charge in [0.2, 0.25) is 0 Å². The van der Waals surface area contributed by atoms with E-state index in [1.807, 2.05) is 25.1 Å². The summed E-state index contributed by atoms with van der Waals surface area (Å²) in [6.45, 7) is 7.49. The highest BCUT2D eigenvalue weighted by Crippen LogP contribution is 2.18.